The van der Waals surface area contributed by atoms with Gasteiger partial charge < -0.3 is 24.4 Å². The highest BCUT2D eigenvalue weighted by Gasteiger charge is 2.61. The second-order valence-electron chi connectivity index (χ2n) is 9.56. The normalized spacial score (nSPS) is 36.8. The Hall–Kier alpha value is -1.84. The SMILES string of the molecule is COC1COCCC1N[C@@H]1CC[C@@]2(C1)C(=O)N1Cc3cc(C(F)(F)F)ccc3OC1C2C. The lowest BCUT2D eigenvalue weighted by Gasteiger charge is -2.34. The second kappa shape index (κ2) is 7.88. The van der Waals surface area contributed by atoms with E-state index in [1.54, 1.807) is 12.0 Å². The van der Waals surface area contributed by atoms with E-state index < -0.39 is 23.4 Å². The number of carbonyl (C=O) groups is 1. The van der Waals surface area contributed by atoms with Gasteiger partial charge in [-0.2, -0.15) is 13.2 Å². The Balaban J connectivity index is 1.33. The van der Waals surface area contributed by atoms with Crippen LogP contribution in [0.2, 0.25) is 0 Å². The molecule has 6 atom stereocenters. The van der Waals surface area contributed by atoms with Crippen LogP contribution >= 0.6 is 0 Å². The van der Waals surface area contributed by atoms with Crippen molar-refractivity contribution in [3.63, 3.8) is 0 Å². The smallest absolute Gasteiger partial charge is 0.416 e. The Morgan fingerprint density at radius 1 is 1.28 bits per heavy atom. The van der Waals surface area contributed by atoms with Crippen molar-refractivity contribution in [1.29, 1.82) is 0 Å². The number of nitrogens with zero attached hydrogens (tertiary/aromatic N) is 1. The van der Waals surface area contributed by atoms with E-state index in [4.69, 9.17) is 14.2 Å². The van der Waals surface area contributed by atoms with E-state index in [0.717, 1.165) is 31.4 Å². The van der Waals surface area contributed by atoms with Crippen LogP contribution in [0.5, 0.6) is 5.75 Å². The molecule has 9 heteroatoms. The largest absolute Gasteiger partial charge is 0.470 e. The van der Waals surface area contributed by atoms with Crippen molar-refractivity contribution < 1.29 is 32.2 Å². The minimum Gasteiger partial charge on any atom is -0.470 e. The Labute approximate surface area is 185 Å². The molecule has 2 saturated heterocycles. The van der Waals surface area contributed by atoms with E-state index in [-0.39, 0.29) is 36.6 Å². The number of benzene rings is 1. The molecule has 0 bridgehead atoms. The van der Waals surface area contributed by atoms with Gasteiger partial charge in [-0.05, 0) is 43.9 Å². The van der Waals surface area contributed by atoms with Crippen LogP contribution in [-0.4, -0.2) is 55.5 Å². The van der Waals surface area contributed by atoms with Crippen LogP contribution in [0.15, 0.2) is 18.2 Å². The van der Waals surface area contributed by atoms with Crippen molar-refractivity contribution in [3.8, 4) is 5.75 Å². The average Bonchev–Trinajstić information content (AvgIpc) is 3.28. The number of ether oxygens (including phenoxy) is 3. The van der Waals surface area contributed by atoms with E-state index in [0.29, 0.717) is 30.9 Å². The molecule has 0 radical (unpaired) electrons. The van der Waals surface area contributed by atoms with Crippen LogP contribution in [0, 0.1) is 11.3 Å². The maximum absolute atomic E-state index is 13.6. The highest BCUT2D eigenvalue weighted by Crippen LogP contribution is 2.54. The molecule has 0 aromatic heterocycles. The van der Waals surface area contributed by atoms with E-state index >= 15 is 0 Å². The summed E-state index contributed by atoms with van der Waals surface area (Å²) in [5.74, 6) is 0.386. The van der Waals surface area contributed by atoms with Crippen LogP contribution in [0.4, 0.5) is 13.2 Å². The molecule has 1 amide bonds. The summed E-state index contributed by atoms with van der Waals surface area (Å²) in [6.07, 6.45) is -1.71. The van der Waals surface area contributed by atoms with Crippen molar-refractivity contribution >= 4 is 5.91 Å². The molecule has 1 aliphatic carbocycles. The standard InChI is InChI=1S/C23H29F3N2O4/c1-13-20-28(11-14-9-15(23(24,25)26)3-4-18(14)32-20)21(29)22(13)7-5-16(10-22)27-17-6-8-31-12-19(17)30-2/h3-4,9,13,16-17,19-20,27H,5-8,10-12H2,1-2H3/t13?,16-,17?,19?,20?,22+/m1/s1. The summed E-state index contributed by atoms with van der Waals surface area (Å²) >= 11 is 0. The zero-order valence-corrected chi connectivity index (χ0v) is 18.3. The predicted octanol–water partition coefficient (Wildman–Crippen LogP) is 3.33. The van der Waals surface area contributed by atoms with Crippen molar-refractivity contribution in [1.82, 2.24) is 10.2 Å². The first-order valence-corrected chi connectivity index (χ1v) is 11.3. The van der Waals surface area contributed by atoms with Crippen molar-refractivity contribution in [3.05, 3.63) is 29.3 Å². The minimum atomic E-state index is -4.43. The summed E-state index contributed by atoms with van der Waals surface area (Å²) in [5, 5.41) is 3.69. The highest BCUT2D eigenvalue weighted by molar-refractivity contribution is 5.86. The number of methoxy groups -OCH3 is 1. The highest BCUT2D eigenvalue weighted by atomic mass is 19.4. The molecule has 1 spiro atoms. The van der Waals surface area contributed by atoms with Gasteiger partial charge in [0.2, 0.25) is 5.91 Å². The molecule has 1 N–H and O–H groups in total. The number of nitrogens with one attached hydrogen (secondary N) is 1. The van der Waals surface area contributed by atoms with Crippen LogP contribution in [0.3, 0.4) is 0 Å². The molecule has 4 unspecified atom stereocenters. The third kappa shape index (κ3) is 3.49. The number of amides is 1. The summed E-state index contributed by atoms with van der Waals surface area (Å²) in [7, 11) is 1.68. The number of alkyl halides is 3. The Kier molecular flexibility index (Phi) is 5.41. The Bertz CT molecular complexity index is 894. The third-order valence-corrected chi connectivity index (χ3v) is 7.88. The Morgan fingerprint density at radius 2 is 2.09 bits per heavy atom. The topological polar surface area (TPSA) is 60.0 Å². The number of halogens is 3. The lowest BCUT2D eigenvalue weighted by Crippen LogP contribution is -2.51. The van der Waals surface area contributed by atoms with E-state index in [1.807, 2.05) is 6.92 Å². The van der Waals surface area contributed by atoms with Gasteiger partial charge in [-0.3, -0.25) is 4.79 Å². The van der Waals surface area contributed by atoms with Crippen molar-refractivity contribution in [2.24, 2.45) is 11.3 Å². The van der Waals surface area contributed by atoms with E-state index in [9.17, 15) is 18.0 Å². The molecule has 3 fully saturated rings. The second-order valence-corrected chi connectivity index (χ2v) is 9.56. The van der Waals surface area contributed by atoms with Gasteiger partial charge in [0, 0.05) is 37.3 Å². The minimum absolute atomic E-state index is 0.00219. The van der Waals surface area contributed by atoms with Crippen molar-refractivity contribution in [2.45, 2.75) is 69.7 Å². The first-order valence-electron chi connectivity index (χ1n) is 11.3. The molecule has 4 aliphatic rings. The van der Waals surface area contributed by atoms with Crippen LogP contribution in [0.25, 0.3) is 0 Å². The molecular formula is C23H29F3N2O4. The zero-order chi connectivity index (χ0) is 22.7. The molecule has 1 aromatic carbocycles. The van der Waals surface area contributed by atoms with Gasteiger partial charge in [0.05, 0.1) is 30.2 Å². The van der Waals surface area contributed by atoms with Gasteiger partial charge in [-0.1, -0.05) is 6.92 Å². The third-order valence-electron chi connectivity index (χ3n) is 7.88. The van der Waals surface area contributed by atoms with Gasteiger partial charge in [-0.25, -0.2) is 0 Å². The molecule has 1 saturated carbocycles. The quantitative estimate of drug-likeness (QED) is 0.759. The van der Waals surface area contributed by atoms with E-state index in [1.165, 1.54) is 6.07 Å². The van der Waals surface area contributed by atoms with Gasteiger partial charge >= 0.3 is 6.18 Å². The number of carbonyl (C=O) groups excluding carboxylic acids is 1. The average molecular weight is 454 g/mol. The molecular weight excluding hydrogens is 425 g/mol. The maximum Gasteiger partial charge on any atom is 0.416 e. The molecule has 32 heavy (non-hydrogen) atoms. The first-order chi connectivity index (χ1) is 15.2. The maximum atomic E-state index is 13.6. The van der Waals surface area contributed by atoms with Crippen LogP contribution < -0.4 is 10.1 Å². The zero-order valence-electron chi connectivity index (χ0n) is 18.3. The molecule has 6 nitrogen and oxygen atoms in total. The molecule has 3 heterocycles. The monoisotopic (exact) mass is 454 g/mol. The number of fused-ring (bicyclic) bond motifs is 2. The van der Waals surface area contributed by atoms with Gasteiger partial charge in [0.25, 0.3) is 0 Å². The fraction of sp³-hybridized carbons (Fsp3) is 0.696. The van der Waals surface area contributed by atoms with E-state index in [2.05, 4.69) is 5.32 Å². The predicted molar refractivity (Wildman–Crippen MR) is 109 cm³/mol. The molecule has 5 rings (SSSR count). The first kappa shape index (κ1) is 22.0. The lowest BCUT2D eigenvalue weighted by atomic mass is 9.76. The van der Waals surface area contributed by atoms with Gasteiger partial charge in [0.1, 0.15) is 5.75 Å². The number of hydrogen-bond acceptors (Lipinski definition) is 5. The fourth-order valence-corrected chi connectivity index (χ4v) is 6.04. The fourth-order valence-electron chi connectivity index (χ4n) is 6.04. The summed E-state index contributed by atoms with van der Waals surface area (Å²) in [4.78, 5) is 15.2. The summed E-state index contributed by atoms with van der Waals surface area (Å²) in [6, 6.07) is 3.89. The molecule has 1 aromatic rings. The summed E-state index contributed by atoms with van der Waals surface area (Å²) < 4.78 is 56.6. The molecule has 3 aliphatic heterocycles. The Morgan fingerprint density at radius 3 is 2.84 bits per heavy atom. The summed E-state index contributed by atoms with van der Waals surface area (Å²) in [5.41, 5.74) is -0.862. The van der Waals surface area contributed by atoms with Gasteiger partial charge in [0.15, 0.2) is 6.23 Å². The van der Waals surface area contributed by atoms with Gasteiger partial charge in [-0.15, -0.1) is 0 Å². The van der Waals surface area contributed by atoms with Crippen LogP contribution in [-0.2, 0) is 27.0 Å². The van der Waals surface area contributed by atoms with Crippen molar-refractivity contribution in [2.75, 3.05) is 20.3 Å². The summed E-state index contributed by atoms with van der Waals surface area (Å²) in [6.45, 7) is 3.43. The number of hydrogen-bond donors (Lipinski definition) is 1. The lowest BCUT2D eigenvalue weighted by molar-refractivity contribution is -0.140. The molecule has 176 valence electrons. The number of rotatable bonds is 3. The van der Waals surface area contributed by atoms with Crippen LogP contribution in [0.1, 0.15) is 43.7 Å².